The highest BCUT2D eigenvalue weighted by Gasteiger charge is 2.08. The van der Waals surface area contributed by atoms with E-state index >= 15 is 0 Å². The number of benzene rings is 1. The van der Waals surface area contributed by atoms with Gasteiger partial charge < -0.3 is 9.14 Å². The monoisotopic (exact) mass is 348 g/mol. The number of H-pyrrole nitrogens is 1. The molecule has 3 heterocycles. The minimum atomic E-state index is -0.274. The summed E-state index contributed by atoms with van der Waals surface area (Å²) in [7, 11) is 0. The average Bonchev–Trinajstić information content (AvgIpc) is 3.29. The summed E-state index contributed by atoms with van der Waals surface area (Å²) < 4.78 is 7.73. The van der Waals surface area contributed by atoms with E-state index in [-0.39, 0.29) is 5.91 Å². The Labute approximate surface area is 148 Å². The first kappa shape index (κ1) is 15.8. The van der Waals surface area contributed by atoms with Crippen LogP contribution in [0.2, 0.25) is 0 Å². The summed E-state index contributed by atoms with van der Waals surface area (Å²) in [6.07, 6.45) is 5.29. The number of nitrogens with one attached hydrogen (secondary N) is 2. The summed E-state index contributed by atoms with van der Waals surface area (Å²) in [6, 6.07) is 10.9. The van der Waals surface area contributed by atoms with Gasteiger partial charge in [-0.3, -0.25) is 10.1 Å². The second kappa shape index (κ2) is 6.67. The van der Waals surface area contributed by atoms with Crippen LogP contribution in [0.5, 0.6) is 5.75 Å². The average molecular weight is 348 g/mol. The van der Waals surface area contributed by atoms with Crippen LogP contribution in [0.15, 0.2) is 55.1 Å². The third-order valence-corrected chi connectivity index (χ3v) is 3.80. The van der Waals surface area contributed by atoms with Crippen molar-refractivity contribution in [3.63, 3.8) is 0 Å². The summed E-state index contributed by atoms with van der Waals surface area (Å²) in [5, 5.41) is 8.87. The zero-order valence-electron chi connectivity index (χ0n) is 14.0. The molecule has 4 rings (SSSR count). The van der Waals surface area contributed by atoms with Crippen LogP contribution in [0, 0.1) is 6.92 Å². The Balaban J connectivity index is 1.39. The van der Waals surface area contributed by atoms with Crippen molar-refractivity contribution in [3.8, 4) is 5.75 Å². The van der Waals surface area contributed by atoms with E-state index in [0.717, 1.165) is 11.3 Å². The Bertz CT molecular complexity index is 1040. The number of rotatable bonds is 5. The lowest BCUT2D eigenvalue weighted by molar-refractivity contribution is 0.102. The van der Waals surface area contributed by atoms with Gasteiger partial charge in [0.25, 0.3) is 5.91 Å². The molecule has 26 heavy (non-hydrogen) atoms. The fraction of sp³-hybridized carbons (Fsp3) is 0.111. The van der Waals surface area contributed by atoms with E-state index in [1.807, 2.05) is 35.9 Å². The Morgan fingerprint density at radius 3 is 2.81 bits per heavy atom. The van der Waals surface area contributed by atoms with Gasteiger partial charge in [0.1, 0.15) is 24.3 Å². The van der Waals surface area contributed by atoms with Crippen LogP contribution < -0.4 is 10.1 Å². The molecule has 0 unspecified atom stereocenters. The third kappa shape index (κ3) is 3.39. The highest BCUT2D eigenvalue weighted by Crippen LogP contribution is 2.15. The largest absolute Gasteiger partial charge is 0.487 e. The van der Waals surface area contributed by atoms with E-state index in [2.05, 4.69) is 25.5 Å². The number of imidazole rings is 1. The Morgan fingerprint density at radius 1 is 1.19 bits per heavy atom. The van der Waals surface area contributed by atoms with Gasteiger partial charge in [-0.2, -0.15) is 10.1 Å². The molecule has 3 aromatic heterocycles. The van der Waals surface area contributed by atoms with Gasteiger partial charge in [-0.05, 0) is 42.8 Å². The quantitative estimate of drug-likeness (QED) is 0.578. The molecule has 0 saturated heterocycles. The van der Waals surface area contributed by atoms with Crippen LogP contribution in [0.4, 0.5) is 5.95 Å². The van der Waals surface area contributed by atoms with Gasteiger partial charge in [-0.25, -0.2) is 10.1 Å². The topological polar surface area (TPSA) is 97.2 Å². The predicted octanol–water partition coefficient (Wildman–Crippen LogP) is 2.59. The number of ether oxygens (including phenoxy) is 1. The molecule has 130 valence electrons. The minimum absolute atomic E-state index is 0.274. The molecule has 0 radical (unpaired) electrons. The van der Waals surface area contributed by atoms with Gasteiger partial charge >= 0.3 is 0 Å². The number of aromatic nitrogens is 5. The van der Waals surface area contributed by atoms with Crippen LogP contribution in [0.1, 0.15) is 21.6 Å². The molecule has 0 spiro atoms. The number of amides is 1. The lowest BCUT2D eigenvalue weighted by atomic mass is 10.2. The molecular formula is C18H16N6O2. The van der Waals surface area contributed by atoms with Crippen LogP contribution in [-0.4, -0.2) is 30.5 Å². The Kier molecular flexibility index (Phi) is 4.06. The molecule has 8 heteroatoms. The van der Waals surface area contributed by atoms with Crippen molar-refractivity contribution in [2.24, 2.45) is 0 Å². The zero-order chi connectivity index (χ0) is 17.9. The summed E-state index contributed by atoms with van der Waals surface area (Å²) in [4.78, 5) is 20.4. The van der Waals surface area contributed by atoms with Crippen molar-refractivity contribution in [2.75, 3.05) is 5.32 Å². The molecule has 0 aliphatic carbocycles. The first-order valence-electron chi connectivity index (χ1n) is 8.01. The predicted molar refractivity (Wildman–Crippen MR) is 95.0 cm³/mol. The standard InChI is InChI=1S/C18H16N6O2/c1-12-2-7-16-21-14(9-24(16)8-12)10-26-15-5-3-13(4-6-15)17(25)22-18-19-11-20-23-18/h2-9,11H,10H2,1H3,(H2,19,20,22,23,25). The van der Waals surface area contributed by atoms with E-state index < -0.39 is 0 Å². The maximum absolute atomic E-state index is 12.1. The van der Waals surface area contributed by atoms with E-state index in [9.17, 15) is 4.79 Å². The van der Waals surface area contributed by atoms with Gasteiger partial charge in [0.2, 0.25) is 5.95 Å². The molecular weight excluding hydrogens is 332 g/mol. The minimum Gasteiger partial charge on any atom is -0.487 e. The van der Waals surface area contributed by atoms with Crippen molar-refractivity contribution >= 4 is 17.5 Å². The van der Waals surface area contributed by atoms with E-state index in [1.54, 1.807) is 24.3 Å². The molecule has 0 saturated carbocycles. The fourth-order valence-corrected chi connectivity index (χ4v) is 2.53. The fourth-order valence-electron chi connectivity index (χ4n) is 2.53. The number of anilines is 1. The maximum Gasteiger partial charge on any atom is 0.258 e. The molecule has 8 nitrogen and oxygen atoms in total. The summed E-state index contributed by atoms with van der Waals surface area (Å²) >= 11 is 0. The lowest BCUT2D eigenvalue weighted by Gasteiger charge is -2.05. The van der Waals surface area contributed by atoms with Gasteiger partial charge in [0.05, 0.1) is 5.69 Å². The molecule has 0 fully saturated rings. The van der Waals surface area contributed by atoms with Crippen LogP contribution in [0.25, 0.3) is 5.65 Å². The first-order chi connectivity index (χ1) is 12.7. The highest BCUT2D eigenvalue weighted by molar-refractivity contribution is 6.03. The summed E-state index contributed by atoms with van der Waals surface area (Å²) in [5.41, 5.74) is 3.38. The van der Waals surface area contributed by atoms with Gasteiger partial charge in [0, 0.05) is 18.0 Å². The maximum atomic E-state index is 12.1. The Morgan fingerprint density at radius 2 is 2.04 bits per heavy atom. The van der Waals surface area contributed by atoms with Crippen molar-refractivity contribution in [3.05, 3.63) is 71.9 Å². The van der Waals surface area contributed by atoms with Crippen LogP contribution in [0.3, 0.4) is 0 Å². The molecule has 0 aliphatic heterocycles. The number of carbonyl (C=O) groups is 1. The normalized spacial score (nSPS) is 10.8. The van der Waals surface area contributed by atoms with Crippen LogP contribution in [-0.2, 0) is 6.61 Å². The van der Waals surface area contributed by atoms with Crippen molar-refractivity contribution in [1.82, 2.24) is 24.6 Å². The summed E-state index contributed by atoms with van der Waals surface area (Å²) in [5.74, 6) is 0.691. The molecule has 0 atom stereocenters. The number of pyridine rings is 1. The number of aryl methyl sites for hydroxylation is 1. The van der Waals surface area contributed by atoms with Gasteiger partial charge in [-0.15, -0.1) is 0 Å². The Hall–Kier alpha value is -3.68. The van der Waals surface area contributed by atoms with Crippen molar-refractivity contribution < 1.29 is 9.53 Å². The smallest absolute Gasteiger partial charge is 0.258 e. The second-order valence-corrected chi connectivity index (χ2v) is 5.81. The molecule has 1 amide bonds. The van der Waals surface area contributed by atoms with E-state index in [0.29, 0.717) is 23.9 Å². The molecule has 4 aromatic rings. The van der Waals surface area contributed by atoms with Crippen LogP contribution >= 0.6 is 0 Å². The summed E-state index contributed by atoms with van der Waals surface area (Å²) in [6.45, 7) is 2.39. The number of hydrogen-bond acceptors (Lipinski definition) is 5. The zero-order valence-corrected chi connectivity index (χ0v) is 14.0. The second-order valence-electron chi connectivity index (χ2n) is 5.81. The number of nitrogens with zero attached hydrogens (tertiary/aromatic N) is 4. The molecule has 1 aromatic carbocycles. The number of hydrogen-bond donors (Lipinski definition) is 2. The molecule has 2 N–H and O–H groups in total. The van der Waals surface area contributed by atoms with Gasteiger partial charge in [-0.1, -0.05) is 6.07 Å². The number of aromatic amines is 1. The van der Waals surface area contributed by atoms with Crippen molar-refractivity contribution in [1.29, 1.82) is 0 Å². The van der Waals surface area contributed by atoms with E-state index in [1.165, 1.54) is 11.9 Å². The highest BCUT2D eigenvalue weighted by atomic mass is 16.5. The third-order valence-electron chi connectivity index (χ3n) is 3.80. The van der Waals surface area contributed by atoms with E-state index in [4.69, 9.17) is 4.74 Å². The molecule has 0 bridgehead atoms. The van der Waals surface area contributed by atoms with Crippen molar-refractivity contribution in [2.45, 2.75) is 13.5 Å². The number of carbonyl (C=O) groups excluding carboxylic acids is 1. The van der Waals surface area contributed by atoms with Gasteiger partial charge in [0.15, 0.2) is 0 Å². The molecule has 0 aliphatic rings. The lowest BCUT2D eigenvalue weighted by Crippen LogP contribution is -2.12. The SMILES string of the molecule is Cc1ccc2nc(COc3ccc(C(=O)Nc4ncn[nH]4)cc3)cn2c1. The first-order valence-corrected chi connectivity index (χ1v) is 8.01. The number of fused-ring (bicyclic) bond motifs is 1.